The van der Waals surface area contributed by atoms with E-state index in [1.54, 1.807) is 19.2 Å². The van der Waals surface area contributed by atoms with E-state index in [1.165, 1.54) is 15.4 Å². The van der Waals surface area contributed by atoms with Crippen LogP contribution in [-0.2, 0) is 16.0 Å². The van der Waals surface area contributed by atoms with E-state index in [4.69, 9.17) is 4.74 Å². The molecular weight excluding hydrogens is 352 g/mol. The number of carbonyl (C=O) groups is 2. The summed E-state index contributed by atoms with van der Waals surface area (Å²) in [5.74, 6) is 0.995. The number of carbonyl (C=O) groups excluding carboxylic acids is 2. The van der Waals surface area contributed by atoms with E-state index in [0.29, 0.717) is 17.4 Å². The molecule has 0 aromatic heterocycles. The second kappa shape index (κ2) is 8.15. The predicted octanol–water partition coefficient (Wildman–Crippen LogP) is 1.86. The summed E-state index contributed by atoms with van der Waals surface area (Å²) in [7, 11) is 1.56. The van der Waals surface area contributed by atoms with E-state index in [9.17, 15) is 9.59 Å². The smallest absolute Gasteiger partial charge is 0.292 e. The summed E-state index contributed by atoms with van der Waals surface area (Å²) in [6.45, 7) is 1.89. The number of amides is 2. The van der Waals surface area contributed by atoms with Crippen molar-refractivity contribution in [1.29, 1.82) is 0 Å². The summed E-state index contributed by atoms with van der Waals surface area (Å²) in [4.78, 5) is 28.3. The van der Waals surface area contributed by atoms with Gasteiger partial charge in [-0.05, 0) is 42.9 Å². The lowest BCUT2D eigenvalue weighted by Gasteiger charge is -2.32. The summed E-state index contributed by atoms with van der Waals surface area (Å²) in [6, 6.07) is 17.6. The van der Waals surface area contributed by atoms with Crippen LogP contribution in [0.4, 0.5) is 5.69 Å². The van der Waals surface area contributed by atoms with Crippen LogP contribution in [0.25, 0.3) is 0 Å². The van der Waals surface area contributed by atoms with E-state index in [0.717, 1.165) is 32.4 Å². The number of likely N-dealkylation sites (tertiary alicyclic amines) is 1. The quantitative estimate of drug-likeness (QED) is 0.807. The molecule has 0 saturated carbocycles. The van der Waals surface area contributed by atoms with Crippen LogP contribution in [0.2, 0.25) is 0 Å². The number of hydrogen-bond acceptors (Lipinski definition) is 3. The number of ether oxygens (including phenoxy) is 1. The van der Waals surface area contributed by atoms with E-state index in [1.807, 2.05) is 18.2 Å². The first-order chi connectivity index (χ1) is 13.7. The minimum Gasteiger partial charge on any atom is -0.495 e. The zero-order chi connectivity index (χ0) is 19.5. The molecule has 2 aromatic carbocycles. The molecule has 2 fully saturated rings. The maximum absolute atomic E-state index is 13.1. The molecule has 5 heteroatoms. The maximum Gasteiger partial charge on any atom is 0.292 e. The maximum atomic E-state index is 13.1. The zero-order valence-electron chi connectivity index (χ0n) is 16.3. The molecule has 2 aromatic rings. The van der Waals surface area contributed by atoms with Crippen LogP contribution in [0.3, 0.4) is 0 Å². The lowest BCUT2D eigenvalue weighted by atomic mass is 9.89. The number of quaternary nitrogens is 1. The summed E-state index contributed by atoms with van der Waals surface area (Å²) >= 11 is 0. The molecule has 0 aliphatic carbocycles. The number of imide groups is 1. The van der Waals surface area contributed by atoms with Crippen molar-refractivity contribution in [3.8, 4) is 5.75 Å². The number of benzene rings is 2. The van der Waals surface area contributed by atoms with Gasteiger partial charge >= 0.3 is 0 Å². The van der Waals surface area contributed by atoms with Gasteiger partial charge in [-0.3, -0.25) is 9.59 Å². The van der Waals surface area contributed by atoms with Gasteiger partial charge in [-0.25, -0.2) is 4.90 Å². The third-order valence-corrected chi connectivity index (χ3v) is 6.08. The van der Waals surface area contributed by atoms with Gasteiger partial charge in [0.25, 0.3) is 5.91 Å². The van der Waals surface area contributed by atoms with Crippen LogP contribution in [0.5, 0.6) is 5.75 Å². The monoisotopic (exact) mass is 379 g/mol. The van der Waals surface area contributed by atoms with Gasteiger partial charge in [0.1, 0.15) is 5.75 Å². The number of nitrogens with one attached hydrogen (secondary N) is 1. The molecule has 0 radical (unpaired) electrons. The fraction of sp³-hybridized carbons (Fsp3) is 0.391. The van der Waals surface area contributed by atoms with E-state index in [2.05, 4.69) is 24.3 Å². The minimum atomic E-state index is -0.268. The number of anilines is 1. The summed E-state index contributed by atoms with van der Waals surface area (Å²) in [6.07, 6.45) is 3.57. The number of para-hydroxylation sites is 2. The Morgan fingerprint density at radius 3 is 2.39 bits per heavy atom. The van der Waals surface area contributed by atoms with Crippen molar-refractivity contribution in [3.63, 3.8) is 0 Å². The predicted molar refractivity (Wildman–Crippen MR) is 107 cm³/mol. The Balaban J connectivity index is 1.41. The van der Waals surface area contributed by atoms with Crippen molar-refractivity contribution in [1.82, 2.24) is 0 Å². The van der Waals surface area contributed by atoms with Crippen LogP contribution in [0, 0.1) is 5.92 Å². The highest BCUT2D eigenvalue weighted by molar-refractivity contribution is 6.22. The largest absolute Gasteiger partial charge is 0.495 e. The van der Waals surface area contributed by atoms with Crippen LogP contribution in [0.15, 0.2) is 54.6 Å². The Morgan fingerprint density at radius 2 is 1.68 bits per heavy atom. The van der Waals surface area contributed by atoms with Gasteiger partial charge in [-0.15, -0.1) is 0 Å². The molecular formula is C23H27N2O3+. The van der Waals surface area contributed by atoms with Crippen molar-refractivity contribution in [2.24, 2.45) is 5.92 Å². The van der Waals surface area contributed by atoms with Gasteiger partial charge in [0.2, 0.25) is 5.91 Å². The Morgan fingerprint density at radius 1 is 1.00 bits per heavy atom. The molecule has 0 unspecified atom stereocenters. The zero-order valence-corrected chi connectivity index (χ0v) is 16.3. The molecule has 4 rings (SSSR count). The molecule has 146 valence electrons. The van der Waals surface area contributed by atoms with Crippen molar-refractivity contribution in [3.05, 3.63) is 60.2 Å². The molecule has 2 aliphatic heterocycles. The number of nitrogens with zero attached hydrogens (tertiary/aromatic N) is 1. The van der Waals surface area contributed by atoms with Crippen molar-refractivity contribution < 1.29 is 19.2 Å². The molecule has 28 heavy (non-hydrogen) atoms. The van der Waals surface area contributed by atoms with E-state index < -0.39 is 0 Å². The summed E-state index contributed by atoms with van der Waals surface area (Å²) in [5, 5.41) is 0. The highest BCUT2D eigenvalue weighted by atomic mass is 16.5. The SMILES string of the molecule is COc1ccccc1N1C(=O)C[C@@H]([NH+]2CCC(Cc3ccccc3)CC2)C1=O. The number of methoxy groups -OCH3 is 1. The van der Waals surface area contributed by atoms with E-state index in [-0.39, 0.29) is 24.3 Å². The van der Waals surface area contributed by atoms with Crippen molar-refractivity contribution in [2.45, 2.75) is 31.7 Å². The first-order valence-electron chi connectivity index (χ1n) is 10.1. The Hall–Kier alpha value is -2.66. The molecule has 2 heterocycles. The van der Waals surface area contributed by atoms with Crippen LogP contribution < -0.4 is 14.5 Å². The van der Waals surface area contributed by atoms with Gasteiger partial charge in [0, 0.05) is 0 Å². The highest BCUT2D eigenvalue weighted by Gasteiger charge is 2.47. The fourth-order valence-corrected chi connectivity index (χ4v) is 4.57. The first-order valence-corrected chi connectivity index (χ1v) is 10.1. The first kappa shape index (κ1) is 18.7. The van der Waals surface area contributed by atoms with Crippen molar-refractivity contribution in [2.75, 3.05) is 25.1 Å². The van der Waals surface area contributed by atoms with Crippen LogP contribution in [-0.4, -0.2) is 38.1 Å². The third kappa shape index (κ3) is 3.67. The molecule has 0 bridgehead atoms. The van der Waals surface area contributed by atoms with Crippen LogP contribution in [0.1, 0.15) is 24.8 Å². The molecule has 1 N–H and O–H groups in total. The Labute approximate surface area is 165 Å². The summed E-state index contributed by atoms with van der Waals surface area (Å²) in [5.41, 5.74) is 1.94. The average Bonchev–Trinajstić information content (AvgIpc) is 3.03. The molecule has 5 nitrogen and oxygen atoms in total. The number of hydrogen-bond donors (Lipinski definition) is 1. The van der Waals surface area contributed by atoms with Gasteiger partial charge < -0.3 is 9.64 Å². The minimum absolute atomic E-state index is 0.0917. The van der Waals surface area contributed by atoms with Gasteiger partial charge in [0.05, 0.1) is 32.3 Å². The van der Waals surface area contributed by atoms with Crippen molar-refractivity contribution >= 4 is 17.5 Å². The molecule has 1 atom stereocenters. The van der Waals surface area contributed by atoms with Gasteiger partial charge in [0.15, 0.2) is 6.04 Å². The Kier molecular flexibility index (Phi) is 5.44. The highest BCUT2D eigenvalue weighted by Crippen LogP contribution is 2.31. The van der Waals surface area contributed by atoms with Gasteiger partial charge in [-0.2, -0.15) is 0 Å². The number of rotatable bonds is 5. The average molecular weight is 379 g/mol. The third-order valence-electron chi connectivity index (χ3n) is 6.08. The molecule has 2 saturated heterocycles. The Bertz CT molecular complexity index is 844. The molecule has 2 aliphatic rings. The second-order valence-corrected chi connectivity index (χ2v) is 7.79. The standard InChI is InChI=1S/C23H26N2O3/c1-28-21-10-6-5-9-19(21)25-22(26)16-20(23(25)27)24-13-11-18(12-14-24)15-17-7-3-2-4-8-17/h2-10,18,20H,11-16H2,1H3/p+1/t20-/m1/s1. The lowest BCUT2D eigenvalue weighted by molar-refractivity contribution is -0.920. The normalized spacial score (nSPS) is 25.2. The van der Waals surface area contributed by atoms with E-state index >= 15 is 0 Å². The fourth-order valence-electron chi connectivity index (χ4n) is 4.57. The molecule has 0 spiro atoms. The number of piperidine rings is 1. The summed E-state index contributed by atoms with van der Waals surface area (Å²) < 4.78 is 5.35. The van der Waals surface area contributed by atoms with Gasteiger partial charge in [-0.1, -0.05) is 42.5 Å². The van der Waals surface area contributed by atoms with Crippen LogP contribution >= 0.6 is 0 Å². The molecule has 2 amide bonds. The topological polar surface area (TPSA) is 51.0 Å². The second-order valence-electron chi connectivity index (χ2n) is 7.79. The lowest BCUT2D eigenvalue weighted by Crippen LogP contribution is -3.17.